The number of hydrogen-bond donors (Lipinski definition) is 0. The molecule has 0 aliphatic carbocycles. The Hall–Kier alpha value is -1.06. The Kier molecular flexibility index (Phi) is 7.60. The second-order valence-corrected chi connectivity index (χ2v) is 3.99. The predicted molar refractivity (Wildman–Crippen MR) is 60.9 cm³/mol. The van der Waals surface area contributed by atoms with Crippen LogP contribution in [0.4, 0.5) is 0 Å². The molecular formula is C12H22O4. The minimum atomic E-state index is -0.765. The molecule has 94 valence electrons. The van der Waals surface area contributed by atoms with Crippen LogP contribution in [0.3, 0.4) is 0 Å². The summed E-state index contributed by atoms with van der Waals surface area (Å²) in [4.78, 5) is 23.2. The van der Waals surface area contributed by atoms with Gasteiger partial charge in [0.15, 0.2) is 5.92 Å². The predicted octanol–water partition coefficient (Wildman–Crippen LogP) is 2.31. The fourth-order valence-electron chi connectivity index (χ4n) is 1.24. The van der Waals surface area contributed by atoms with Gasteiger partial charge in [0.2, 0.25) is 0 Å². The molecule has 0 spiro atoms. The number of carbonyl (C=O) groups excluding carboxylic acids is 2. The van der Waals surface area contributed by atoms with Gasteiger partial charge in [-0.2, -0.15) is 0 Å². The molecule has 0 aliphatic rings. The van der Waals surface area contributed by atoms with E-state index in [-0.39, 0.29) is 6.10 Å². The van der Waals surface area contributed by atoms with E-state index in [9.17, 15) is 9.59 Å². The Morgan fingerprint density at radius 3 is 2.12 bits per heavy atom. The Labute approximate surface area is 97.3 Å². The van der Waals surface area contributed by atoms with Crippen molar-refractivity contribution in [3.05, 3.63) is 0 Å². The average molecular weight is 230 g/mol. The topological polar surface area (TPSA) is 52.6 Å². The number of carbonyl (C=O) groups is 2. The van der Waals surface area contributed by atoms with Gasteiger partial charge in [-0.1, -0.05) is 20.3 Å². The molecule has 0 radical (unpaired) electrons. The summed E-state index contributed by atoms with van der Waals surface area (Å²) >= 11 is 0. The molecule has 0 saturated heterocycles. The molecular weight excluding hydrogens is 208 g/mol. The van der Waals surface area contributed by atoms with Crippen LogP contribution in [0, 0.1) is 5.92 Å². The molecule has 4 nitrogen and oxygen atoms in total. The summed E-state index contributed by atoms with van der Waals surface area (Å²) in [5, 5.41) is 0. The fourth-order valence-corrected chi connectivity index (χ4v) is 1.24. The highest BCUT2D eigenvalue weighted by Crippen LogP contribution is 2.12. The van der Waals surface area contributed by atoms with Crippen molar-refractivity contribution >= 4 is 11.9 Å². The average Bonchev–Trinajstić information content (AvgIpc) is 2.21. The van der Waals surface area contributed by atoms with E-state index >= 15 is 0 Å². The summed E-state index contributed by atoms with van der Waals surface area (Å²) in [7, 11) is 0. The number of esters is 2. The molecule has 0 saturated carbocycles. The highest BCUT2D eigenvalue weighted by atomic mass is 16.6. The molecule has 0 bridgehead atoms. The molecule has 0 aromatic rings. The van der Waals surface area contributed by atoms with E-state index in [1.807, 2.05) is 13.8 Å². The maximum Gasteiger partial charge on any atom is 0.320 e. The molecule has 0 rings (SSSR count). The van der Waals surface area contributed by atoms with Gasteiger partial charge >= 0.3 is 11.9 Å². The largest absolute Gasteiger partial charge is 0.465 e. The Morgan fingerprint density at radius 2 is 1.69 bits per heavy atom. The van der Waals surface area contributed by atoms with E-state index in [0.717, 1.165) is 12.8 Å². The van der Waals surface area contributed by atoms with Crippen LogP contribution in [0.2, 0.25) is 0 Å². The molecule has 0 aromatic heterocycles. The van der Waals surface area contributed by atoms with Crippen molar-refractivity contribution in [3.63, 3.8) is 0 Å². The van der Waals surface area contributed by atoms with Gasteiger partial charge < -0.3 is 9.47 Å². The lowest BCUT2D eigenvalue weighted by atomic mass is 10.0. The quantitative estimate of drug-likeness (QED) is 0.497. The first-order chi connectivity index (χ1) is 7.52. The summed E-state index contributed by atoms with van der Waals surface area (Å²) < 4.78 is 10.00. The van der Waals surface area contributed by atoms with Crippen LogP contribution in [0.15, 0.2) is 0 Å². The van der Waals surface area contributed by atoms with Gasteiger partial charge in [0, 0.05) is 0 Å². The first-order valence-electron chi connectivity index (χ1n) is 5.90. The van der Waals surface area contributed by atoms with Gasteiger partial charge in [-0.25, -0.2) is 0 Å². The zero-order valence-electron chi connectivity index (χ0n) is 10.6. The van der Waals surface area contributed by atoms with Crippen LogP contribution < -0.4 is 0 Å². The lowest BCUT2D eigenvalue weighted by molar-refractivity contribution is -0.164. The van der Waals surface area contributed by atoms with Gasteiger partial charge in [-0.3, -0.25) is 9.59 Å². The van der Waals surface area contributed by atoms with E-state index in [0.29, 0.717) is 13.0 Å². The maximum absolute atomic E-state index is 11.6. The number of hydrogen-bond acceptors (Lipinski definition) is 4. The van der Waals surface area contributed by atoms with Crippen LogP contribution in [-0.4, -0.2) is 24.6 Å². The van der Waals surface area contributed by atoms with Crippen molar-refractivity contribution in [2.75, 3.05) is 6.61 Å². The van der Waals surface area contributed by atoms with Crippen LogP contribution >= 0.6 is 0 Å². The number of ether oxygens (including phenoxy) is 2. The standard InChI is InChI=1S/C12H22O4/c1-5-7-10(11(13)15-8-6-2)12(14)16-9(3)4/h9-10H,5-8H2,1-4H3. The normalized spacial score (nSPS) is 12.3. The SMILES string of the molecule is CCCOC(=O)C(CCC)C(=O)OC(C)C. The molecule has 0 N–H and O–H groups in total. The van der Waals surface area contributed by atoms with Crippen molar-refractivity contribution in [1.29, 1.82) is 0 Å². The Balaban J connectivity index is 4.34. The third-order valence-electron chi connectivity index (χ3n) is 1.95. The summed E-state index contributed by atoms with van der Waals surface area (Å²) in [6.07, 6.45) is 1.78. The molecule has 0 aromatic carbocycles. The highest BCUT2D eigenvalue weighted by Gasteiger charge is 2.29. The van der Waals surface area contributed by atoms with E-state index < -0.39 is 17.9 Å². The van der Waals surface area contributed by atoms with Crippen molar-refractivity contribution < 1.29 is 19.1 Å². The van der Waals surface area contributed by atoms with Crippen LogP contribution in [0.5, 0.6) is 0 Å². The Morgan fingerprint density at radius 1 is 1.06 bits per heavy atom. The van der Waals surface area contributed by atoms with Crippen molar-refractivity contribution in [2.24, 2.45) is 5.92 Å². The van der Waals surface area contributed by atoms with Gasteiger partial charge in [-0.05, 0) is 26.7 Å². The van der Waals surface area contributed by atoms with Crippen LogP contribution in [0.1, 0.15) is 47.0 Å². The van der Waals surface area contributed by atoms with Gasteiger partial charge in [0.1, 0.15) is 0 Å². The highest BCUT2D eigenvalue weighted by molar-refractivity contribution is 5.94. The lowest BCUT2D eigenvalue weighted by Crippen LogP contribution is -2.29. The van der Waals surface area contributed by atoms with Crippen molar-refractivity contribution in [3.8, 4) is 0 Å². The third kappa shape index (κ3) is 5.73. The lowest BCUT2D eigenvalue weighted by Gasteiger charge is -2.16. The zero-order chi connectivity index (χ0) is 12.6. The first kappa shape index (κ1) is 14.9. The number of rotatable bonds is 7. The summed E-state index contributed by atoms with van der Waals surface area (Å²) in [6, 6.07) is 0. The molecule has 0 fully saturated rings. The van der Waals surface area contributed by atoms with Crippen molar-refractivity contribution in [1.82, 2.24) is 0 Å². The van der Waals surface area contributed by atoms with Crippen LogP contribution in [-0.2, 0) is 19.1 Å². The molecule has 0 aliphatic heterocycles. The van der Waals surface area contributed by atoms with Gasteiger partial charge in [0.05, 0.1) is 12.7 Å². The van der Waals surface area contributed by atoms with E-state index in [4.69, 9.17) is 9.47 Å². The summed E-state index contributed by atoms with van der Waals surface area (Å²) in [5.74, 6) is -1.70. The zero-order valence-corrected chi connectivity index (χ0v) is 10.6. The molecule has 4 heteroatoms. The molecule has 1 unspecified atom stereocenters. The fraction of sp³-hybridized carbons (Fsp3) is 0.833. The monoisotopic (exact) mass is 230 g/mol. The Bertz CT molecular complexity index is 223. The molecule has 0 heterocycles. The van der Waals surface area contributed by atoms with E-state index in [2.05, 4.69) is 0 Å². The molecule has 1 atom stereocenters. The van der Waals surface area contributed by atoms with Gasteiger partial charge in [0.25, 0.3) is 0 Å². The molecule has 16 heavy (non-hydrogen) atoms. The maximum atomic E-state index is 11.6. The molecule has 0 amide bonds. The van der Waals surface area contributed by atoms with E-state index in [1.54, 1.807) is 13.8 Å². The van der Waals surface area contributed by atoms with Crippen LogP contribution in [0.25, 0.3) is 0 Å². The summed E-state index contributed by atoms with van der Waals surface area (Å²) in [6.45, 7) is 7.71. The minimum absolute atomic E-state index is 0.203. The summed E-state index contributed by atoms with van der Waals surface area (Å²) in [5.41, 5.74) is 0. The van der Waals surface area contributed by atoms with Crippen molar-refractivity contribution in [2.45, 2.75) is 53.1 Å². The van der Waals surface area contributed by atoms with Gasteiger partial charge in [-0.15, -0.1) is 0 Å². The minimum Gasteiger partial charge on any atom is -0.465 e. The first-order valence-corrected chi connectivity index (χ1v) is 5.90. The third-order valence-corrected chi connectivity index (χ3v) is 1.95. The van der Waals surface area contributed by atoms with E-state index in [1.165, 1.54) is 0 Å². The second kappa shape index (κ2) is 8.13. The second-order valence-electron chi connectivity index (χ2n) is 3.99. The smallest absolute Gasteiger partial charge is 0.320 e.